The van der Waals surface area contributed by atoms with E-state index in [0.717, 1.165) is 30.3 Å². The van der Waals surface area contributed by atoms with Crippen LogP contribution >= 0.6 is 0 Å². The van der Waals surface area contributed by atoms with Crippen LogP contribution in [0.4, 0.5) is 0 Å². The van der Waals surface area contributed by atoms with Crippen LogP contribution in [0.25, 0.3) is 0 Å². The number of rotatable bonds is 4. The molecule has 0 aliphatic rings. The molecule has 0 heterocycles. The average molecular weight is 364 g/mol. The van der Waals surface area contributed by atoms with Crippen LogP contribution in [0.15, 0.2) is 36.4 Å². The van der Waals surface area contributed by atoms with Gasteiger partial charge in [0.15, 0.2) is 0 Å². The summed E-state index contributed by atoms with van der Waals surface area (Å²) in [5, 5.41) is 51.9. The average Bonchev–Trinajstić information content (AvgIpc) is 2.54. The fourth-order valence-electron chi connectivity index (χ4n) is 1.70. The van der Waals surface area contributed by atoms with Gasteiger partial charge in [-0.3, -0.25) is 0 Å². The Bertz CT molecular complexity index is 806. The fourth-order valence-corrected chi connectivity index (χ4v) is 1.70. The molecule has 0 radical (unpaired) electrons. The minimum atomic E-state index is -1.37. The van der Waals surface area contributed by atoms with Crippen molar-refractivity contribution in [2.24, 2.45) is 0 Å². The smallest absolute Gasteiger partial charge is 0.339 e. The maximum atomic E-state index is 10.6. The normalized spacial score (nSPS) is 9.54. The van der Waals surface area contributed by atoms with E-state index in [0.29, 0.717) is 0 Å². The molecule has 0 aliphatic heterocycles. The zero-order valence-electron chi connectivity index (χ0n) is 12.8. The molecule has 2 rings (SSSR count). The summed E-state index contributed by atoms with van der Waals surface area (Å²) in [6.07, 6.45) is 0. The van der Waals surface area contributed by atoms with Gasteiger partial charge in [-0.25, -0.2) is 19.2 Å². The number of carboxylic acid groups (broad SMARTS) is 4. The van der Waals surface area contributed by atoms with Gasteiger partial charge in [0.25, 0.3) is 0 Å². The third-order valence-corrected chi connectivity index (χ3v) is 2.89. The van der Waals surface area contributed by atoms with Gasteiger partial charge in [0, 0.05) is 6.07 Å². The first-order chi connectivity index (χ1) is 12.0. The van der Waals surface area contributed by atoms with Gasteiger partial charge in [0.05, 0.1) is 16.7 Å². The molecular formula is C16H12O10. The maximum Gasteiger partial charge on any atom is 0.339 e. The first kappa shape index (κ1) is 20.0. The van der Waals surface area contributed by atoms with Gasteiger partial charge in [-0.05, 0) is 30.3 Å². The van der Waals surface area contributed by atoms with E-state index < -0.39 is 29.6 Å². The maximum absolute atomic E-state index is 10.6. The van der Waals surface area contributed by atoms with Gasteiger partial charge in [0.1, 0.15) is 17.1 Å². The molecule has 2 aromatic carbocycles. The van der Waals surface area contributed by atoms with Gasteiger partial charge in [0.2, 0.25) is 0 Å². The van der Waals surface area contributed by atoms with Gasteiger partial charge in [-0.15, -0.1) is 0 Å². The molecule has 0 spiro atoms. The van der Waals surface area contributed by atoms with Gasteiger partial charge >= 0.3 is 23.9 Å². The standard InChI is InChI=1S/C9H6O6.C7H6O4/c10-7(11)4-1-5(8(12)13)3-6(2-4)9(14)15;8-4-1-2-5(7(10)11)6(9)3-4/h1-3H,(H,10,11)(H,12,13)(H,14,15);1-3,8-9H,(H,10,11). The first-order valence-electron chi connectivity index (χ1n) is 6.63. The monoisotopic (exact) mass is 364 g/mol. The third-order valence-electron chi connectivity index (χ3n) is 2.89. The predicted molar refractivity (Wildman–Crippen MR) is 84.1 cm³/mol. The van der Waals surface area contributed by atoms with E-state index in [4.69, 9.17) is 30.6 Å². The highest BCUT2D eigenvalue weighted by molar-refractivity contribution is 5.98. The van der Waals surface area contributed by atoms with Crippen molar-refractivity contribution < 1.29 is 49.8 Å². The molecular weight excluding hydrogens is 352 g/mol. The number of hydrogen-bond acceptors (Lipinski definition) is 6. The third kappa shape index (κ3) is 5.23. The van der Waals surface area contributed by atoms with E-state index in [9.17, 15) is 19.2 Å². The van der Waals surface area contributed by atoms with Crippen LogP contribution in [0, 0.1) is 0 Å². The lowest BCUT2D eigenvalue weighted by atomic mass is 10.1. The van der Waals surface area contributed by atoms with E-state index in [1.807, 2.05) is 0 Å². The summed E-state index contributed by atoms with van der Waals surface area (Å²) in [7, 11) is 0. The van der Waals surface area contributed by atoms with Gasteiger partial charge in [-0.1, -0.05) is 0 Å². The number of phenolic OH excluding ortho intramolecular Hbond substituents is 1. The van der Waals surface area contributed by atoms with E-state index in [2.05, 4.69) is 0 Å². The van der Waals surface area contributed by atoms with E-state index in [1.54, 1.807) is 0 Å². The SMILES string of the molecule is O=C(O)c1cc(C(=O)O)cc(C(=O)O)c1.O=C(O)c1ccc(O)cc1O. The van der Waals surface area contributed by atoms with Gasteiger partial charge < -0.3 is 30.6 Å². The van der Waals surface area contributed by atoms with Crippen molar-refractivity contribution in [3.05, 3.63) is 58.7 Å². The quantitative estimate of drug-likeness (QED) is 0.464. The largest absolute Gasteiger partial charge is 0.508 e. The van der Waals surface area contributed by atoms with Crippen LogP contribution in [0.1, 0.15) is 41.4 Å². The molecule has 26 heavy (non-hydrogen) atoms. The zero-order valence-corrected chi connectivity index (χ0v) is 12.8. The van der Waals surface area contributed by atoms with Crippen LogP contribution < -0.4 is 0 Å². The first-order valence-corrected chi connectivity index (χ1v) is 6.63. The molecule has 0 aliphatic carbocycles. The molecule has 0 atom stereocenters. The Morgan fingerprint density at radius 2 is 0.962 bits per heavy atom. The van der Waals surface area contributed by atoms with Crippen molar-refractivity contribution >= 4 is 23.9 Å². The molecule has 2 aromatic rings. The van der Waals surface area contributed by atoms with Gasteiger partial charge in [-0.2, -0.15) is 0 Å². The minimum Gasteiger partial charge on any atom is -0.508 e. The Morgan fingerprint density at radius 3 is 1.23 bits per heavy atom. The van der Waals surface area contributed by atoms with Crippen LogP contribution in [0.5, 0.6) is 11.5 Å². The number of phenols is 2. The van der Waals surface area contributed by atoms with Crippen molar-refractivity contribution in [1.29, 1.82) is 0 Å². The van der Waals surface area contributed by atoms with Crippen LogP contribution in [0.2, 0.25) is 0 Å². The second kappa shape index (κ2) is 8.15. The molecule has 0 amide bonds. The second-order valence-corrected chi connectivity index (χ2v) is 4.72. The molecule has 136 valence electrons. The lowest BCUT2D eigenvalue weighted by molar-refractivity contribution is 0.0677. The number of aromatic hydroxyl groups is 2. The van der Waals surface area contributed by atoms with E-state index in [-0.39, 0.29) is 28.0 Å². The Kier molecular flexibility index (Phi) is 6.26. The predicted octanol–water partition coefficient (Wildman–Crippen LogP) is 1.58. The molecule has 10 nitrogen and oxygen atoms in total. The highest BCUT2D eigenvalue weighted by Crippen LogP contribution is 2.21. The summed E-state index contributed by atoms with van der Waals surface area (Å²) in [6.45, 7) is 0. The number of aromatic carboxylic acids is 4. The summed E-state index contributed by atoms with van der Waals surface area (Å²) in [4.78, 5) is 42.0. The van der Waals surface area contributed by atoms with E-state index in [1.165, 1.54) is 6.07 Å². The topological polar surface area (TPSA) is 190 Å². The second-order valence-electron chi connectivity index (χ2n) is 4.72. The number of hydrogen-bond donors (Lipinski definition) is 6. The van der Waals surface area contributed by atoms with Crippen molar-refractivity contribution in [1.82, 2.24) is 0 Å². The summed E-state index contributed by atoms with van der Waals surface area (Å²) in [5.41, 5.74) is -1.32. The Balaban J connectivity index is 0.000000273. The van der Waals surface area contributed by atoms with Crippen molar-refractivity contribution in [2.75, 3.05) is 0 Å². The Hall–Kier alpha value is -4.08. The Labute approximate surface area is 144 Å². The molecule has 6 N–H and O–H groups in total. The van der Waals surface area contributed by atoms with Crippen molar-refractivity contribution in [3.8, 4) is 11.5 Å². The van der Waals surface area contributed by atoms with E-state index >= 15 is 0 Å². The lowest BCUT2D eigenvalue weighted by Crippen LogP contribution is -2.07. The number of carbonyl (C=O) groups is 4. The number of carboxylic acids is 4. The van der Waals surface area contributed by atoms with Crippen LogP contribution in [-0.4, -0.2) is 54.5 Å². The summed E-state index contributed by atoms with van der Waals surface area (Å²) in [6, 6.07) is 6.00. The van der Waals surface area contributed by atoms with Crippen molar-refractivity contribution in [3.63, 3.8) is 0 Å². The molecule has 0 saturated carbocycles. The fraction of sp³-hybridized carbons (Fsp3) is 0. The lowest BCUT2D eigenvalue weighted by Gasteiger charge is -2.00. The molecule has 0 unspecified atom stereocenters. The molecule has 0 saturated heterocycles. The molecule has 0 aromatic heterocycles. The van der Waals surface area contributed by atoms with Crippen LogP contribution in [0.3, 0.4) is 0 Å². The highest BCUT2D eigenvalue weighted by Gasteiger charge is 2.14. The van der Waals surface area contributed by atoms with Crippen LogP contribution in [-0.2, 0) is 0 Å². The molecule has 0 fully saturated rings. The number of benzene rings is 2. The molecule has 0 bridgehead atoms. The van der Waals surface area contributed by atoms with Crippen molar-refractivity contribution in [2.45, 2.75) is 0 Å². The summed E-state index contributed by atoms with van der Waals surface area (Å²) < 4.78 is 0. The summed E-state index contributed by atoms with van der Waals surface area (Å²) >= 11 is 0. The minimum absolute atomic E-state index is 0.160. The Morgan fingerprint density at radius 1 is 0.577 bits per heavy atom. The highest BCUT2D eigenvalue weighted by atomic mass is 16.4. The zero-order chi connectivity index (χ0) is 20.0. The molecule has 10 heteroatoms. The summed E-state index contributed by atoms with van der Waals surface area (Å²) in [5.74, 6) is -5.94.